The van der Waals surface area contributed by atoms with Gasteiger partial charge in [-0.2, -0.15) is 4.80 Å². The van der Waals surface area contributed by atoms with Gasteiger partial charge in [-0.15, -0.1) is 10.2 Å². The number of hydrogen-bond donors (Lipinski definition) is 1. The Labute approximate surface area is 175 Å². The number of carbonyl (C=O) groups excluding carboxylic acids is 1. The summed E-state index contributed by atoms with van der Waals surface area (Å²) in [4.78, 5) is 14.2. The molecule has 0 bridgehead atoms. The van der Waals surface area contributed by atoms with Crippen molar-refractivity contribution in [1.82, 2.24) is 15.0 Å². The Morgan fingerprint density at radius 2 is 1.70 bits per heavy atom. The van der Waals surface area contributed by atoms with Gasteiger partial charge >= 0.3 is 0 Å². The zero-order valence-corrected chi connectivity index (χ0v) is 17.3. The highest BCUT2D eigenvalue weighted by molar-refractivity contribution is 6.05. The van der Waals surface area contributed by atoms with Gasteiger partial charge in [-0.1, -0.05) is 24.6 Å². The second kappa shape index (κ2) is 8.37. The van der Waals surface area contributed by atoms with E-state index in [1.165, 1.54) is 5.56 Å². The first-order valence-electron chi connectivity index (χ1n) is 10.0. The molecule has 1 atom stereocenters. The van der Waals surface area contributed by atoms with E-state index in [-0.39, 0.29) is 12.0 Å². The fourth-order valence-electron chi connectivity index (χ4n) is 2.99. The molecular formula is C24H24N4O2. The largest absolute Gasteiger partial charge is 0.491 e. The van der Waals surface area contributed by atoms with Crippen molar-refractivity contribution < 1.29 is 9.53 Å². The first-order valence-corrected chi connectivity index (χ1v) is 10.0. The number of fused-ring (bicyclic) bond motifs is 1. The van der Waals surface area contributed by atoms with Crippen LogP contribution in [0.5, 0.6) is 5.75 Å². The number of anilines is 1. The summed E-state index contributed by atoms with van der Waals surface area (Å²) in [6.07, 6.45) is 1.07. The van der Waals surface area contributed by atoms with Crippen LogP contribution in [0.15, 0.2) is 66.7 Å². The molecule has 1 amide bonds. The minimum absolute atomic E-state index is 0.143. The molecule has 4 aromatic rings. The van der Waals surface area contributed by atoms with E-state index in [2.05, 4.69) is 22.4 Å². The smallest absolute Gasteiger partial charge is 0.255 e. The van der Waals surface area contributed by atoms with Crippen molar-refractivity contribution in [2.24, 2.45) is 0 Å². The predicted molar refractivity (Wildman–Crippen MR) is 118 cm³/mol. The lowest BCUT2D eigenvalue weighted by Gasteiger charge is -2.12. The third-order valence-electron chi connectivity index (χ3n) is 4.93. The van der Waals surface area contributed by atoms with Crippen LogP contribution in [0.4, 0.5) is 5.69 Å². The van der Waals surface area contributed by atoms with Crippen LogP contribution in [0.2, 0.25) is 0 Å². The summed E-state index contributed by atoms with van der Waals surface area (Å²) >= 11 is 0. The van der Waals surface area contributed by atoms with Gasteiger partial charge in [-0.25, -0.2) is 0 Å². The Bertz CT molecular complexity index is 1160. The minimum Gasteiger partial charge on any atom is -0.491 e. The van der Waals surface area contributed by atoms with Crippen molar-refractivity contribution in [1.29, 1.82) is 0 Å². The molecule has 0 spiro atoms. The van der Waals surface area contributed by atoms with Crippen molar-refractivity contribution in [2.45, 2.75) is 33.3 Å². The van der Waals surface area contributed by atoms with Crippen LogP contribution in [-0.2, 0) is 0 Å². The van der Waals surface area contributed by atoms with Crippen molar-refractivity contribution in [3.63, 3.8) is 0 Å². The van der Waals surface area contributed by atoms with Crippen LogP contribution < -0.4 is 10.1 Å². The molecule has 0 aliphatic carbocycles. The van der Waals surface area contributed by atoms with Crippen LogP contribution in [0.25, 0.3) is 16.7 Å². The highest BCUT2D eigenvalue weighted by Gasteiger charge is 2.10. The van der Waals surface area contributed by atoms with Crippen LogP contribution in [-0.4, -0.2) is 27.0 Å². The number of hydrogen-bond acceptors (Lipinski definition) is 4. The maximum Gasteiger partial charge on any atom is 0.255 e. The molecule has 3 aromatic carbocycles. The van der Waals surface area contributed by atoms with E-state index in [9.17, 15) is 4.79 Å². The number of ether oxygens (including phenoxy) is 1. The Hall–Kier alpha value is -3.67. The molecule has 0 saturated heterocycles. The van der Waals surface area contributed by atoms with Crippen molar-refractivity contribution >= 4 is 22.6 Å². The zero-order valence-electron chi connectivity index (χ0n) is 17.3. The Balaban J connectivity index is 1.49. The second-order valence-corrected chi connectivity index (χ2v) is 7.34. The van der Waals surface area contributed by atoms with E-state index in [1.54, 1.807) is 16.9 Å². The van der Waals surface area contributed by atoms with Gasteiger partial charge < -0.3 is 10.1 Å². The summed E-state index contributed by atoms with van der Waals surface area (Å²) in [6.45, 7) is 6.13. The van der Waals surface area contributed by atoms with Gasteiger partial charge in [0, 0.05) is 11.3 Å². The summed E-state index contributed by atoms with van der Waals surface area (Å²) < 4.78 is 5.76. The first-order chi connectivity index (χ1) is 14.5. The Kier molecular flexibility index (Phi) is 5.48. The maximum absolute atomic E-state index is 12.6. The van der Waals surface area contributed by atoms with E-state index in [4.69, 9.17) is 4.74 Å². The van der Waals surface area contributed by atoms with Crippen molar-refractivity contribution in [2.75, 3.05) is 5.32 Å². The molecule has 30 heavy (non-hydrogen) atoms. The minimum atomic E-state index is -0.185. The molecule has 1 aromatic heterocycles. The van der Waals surface area contributed by atoms with Gasteiger partial charge in [0.05, 0.1) is 11.8 Å². The number of carbonyl (C=O) groups is 1. The summed E-state index contributed by atoms with van der Waals surface area (Å²) in [5.41, 5.74) is 4.78. The maximum atomic E-state index is 12.6. The highest BCUT2D eigenvalue weighted by Crippen LogP contribution is 2.20. The lowest BCUT2D eigenvalue weighted by molar-refractivity contribution is 0.102. The van der Waals surface area contributed by atoms with E-state index >= 15 is 0 Å². The SMILES string of the molecule is CC[C@@H](C)Oc1ccc(C(=O)Nc2ccc3nn(-c4ccc(C)cc4)nc3c2)cc1. The number of aryl methyl sites for hydroxylation is 1. The average molecular weight is 400 g/mol. The van der Waals surface area contributed by atoms with Gasteiger partial charge in [-0.05, 0) is 74.9 Å². The normalized spacial score (nSPS) is 12.0. The van der Waals surface area contributed by atoms with Crippen molar-refractivity contribution in [3.05, 3.63) is 77.9 Å². The van der Waals surface area contributed by atoms with Gasteiger partial charge in [0.25, 0.3) is 5.91 Å². The first kappa shape index (κ1) is 19.6. The lowest BCUT2D eigenvalue weighted by Crippen LogP contribution is -2.12. The van der Waals surface area contributed by atoms with Crippen LogP contribution in [0, 0.1) is 6.92 Å². The number of nitrogens with one attached hydrogen (secondary N) is 1. The average Bonchev–Trinajstić information content (AvgIpc) is 3.18. The molecule has 0 fully saturated rings. The third kappa shape index (κ3) is 4.33. The number of benzene rings is 3. The number of nitrogens with zero attached hydrogens (tertiary/aromatic N) is 3. The van der Waals surface area contributed by atoms with Crippen molar-refractivity contribution in [3.8, 4) is 11.4 Å². The molecule has 6 heteroatoms. The molecule has 0 aliphatic rings. The fraction of sp³-hybridized carbons (Fsp3) is 0.208. The van der Waals surface area contributed by atoms with Gasteiger partial charge in [0.15, 0.2) is 0 Å². The van der Waals surface area contributed by atoms with Crippen LogP contribution in [0.1, 0.15) is 36.2 Å². The van der Waals surface area contributed by atoms with Gasteiger partial charge in [-0.3, -0.25) is 4.79 Å². The summed E-state index contributed by atoms with van der Waals surface area (Å²) in [7, 11) is 0. The quantitative estimate of drug-likeness (QED) is 0.485. The standard InChI is InChI=1S/C24H24N4O2/c1-4-17(3)30-21-12-7-18(8-13-21)24(29)25-19-9-14-22-23(15-19)27-28(26-22)20-10-5-16(2)6-11-20/h5-15,17H,4H2,1-3H3,(H,25,29)/t17-/m1/s1. The molecule has 6 nitrogen and oxygen atoms in total. The molecule has 4 rings (SSSR count). The summed E-state index contributed by atoms with van der Waals surface area (Å²) in [6, 6.07) is 20.7. The monoisotopic (exact) mass is 400 g/mol. The van der Waals surface area contributed by atoms with E-state index in [0.29, 0.717) is 16.8 Å². The fourth-order valence-corrected chi connectivity index (χ4v) is 2.99. The Morgan fingerprint density at radius 1 is 1.00 bits per heavy atom. The van der Waals surface area contributed by atoms with E-state index < -0.39 is 0 Å². The van der Waals surface area contributed by atoms with E-state index in [1.807, 2.05) is 68.4 Å². The molecule has 0 unspecified atom stereocenters. The molecule has 0 aliphatic heterocycles. The van der Waals surface area contributed by atoms with Crippen LogP contribution in [0.3, 0.4) is 0 Å². The molecular weight excluding hydrogens is 376 g/mol. The number of amides is 1. The lowest BCUT2D eigenvalue weighted by atomic mass is 10.2. The molecule has 0 radical (unpaired) electrons. The number of rotatable bonds is 6. The third-order valence-corrected chi connectivity index (χ3v) is 4.93. The Morgan fingerprint density at radius 3 is 2.40 bits per heavy atom. The zero-order chi connectivity index (χ0) is 21.1. The highest BCUT2D eigenvalue weighted by atomic mass is 16.5. The molecule has 152 valence electrons. The van der Waals surface area contributed by atoms with E-state index in [0.717, 1.165) is 23.4 Å². The second-order valence-electron chi connectivity index (χ2n) is 7.34. The topological polar surface area (TPSA) is 69.0 Å². The molecule has 0 saturated carbocycles. The molecule has 1 heterocycles. The van der Waals surface area contributed by atoms with Crippen LogP contribution >= 0.6 is 0 Å². The predicted octanol–water partition coefficient (Wildman–Crippen LogP) is 5.16. The van der Waals surface area contributed by atoms with Gasteiger partial charge in [0.2, 0.25) is 0 Å². The summed E-state index contributed by atoms with van der Waals surface area (Å²) in [5.74, 6) is 0.574. The summed E-state index contributed by atoms with van der Waals surface area (Å²) in [5, 5.41) is 12.0. The number of aromatic nitrogens is 3. The van der Waals surface area contributed by atoms with Gasteiger partial charge in [0.1, 0.15) is 16.8 Å². The molecule has 1 N–H and O–H groups in total.